The third-order valence-corrected chi connectivity index (χ3v) is 5.68. The van der Waals surface area contributed by atoms with Crippen LogP contribution in [0.15, 0.2) is 0 Å². The van der Waals surface area contributed by atoms with E-state index in [9.17, 15) is 8.42 Å². The molecule has 102 valence electrons. The molecule has 1 aliphatic rings. The average molecular weight is 262 g/mol. The van der Waals surface area contributed by atoms with Crippen molar-refractivity contribution in [3.63, 3.8) is 0 Å². The van der Waals surface area contributed by atoms with Crippen LogP contribution in [0.2, 0.25) is 0 Å². The number of hydrogen-bond acceptors (Lipinski definition) is 3. The number of nitrogens with zero attached hydrogens (tertiary/aromatic N) is 1. The second-order valence-corrected chi connectivity index (χ2v) is 7.79. The Morgan fingerprint density at radius 2 is 1.94 bits per heavy atom. The van der Waals surface area contributed by atoms with Crippen molar-refractivity contribution in [2.45, 2.75) is 51.3 Å². The molecule has 4 nitrogen and oxygen atoms in total. The summed E-state index contributed by atoms with van der Waals surface area (Å²) in [6.07, 6.45) is 3.39. The molecule has 1 aliphatic carbocycles. The Labute approximate surface area is 106 Å². The van der Waals surface area contributed by atoms with E-state index in [0.717, 1.165) is 6.42 Å². The van der Waals surface area contributed by atoms with Gasteiger partial charge in [-0.3, -0.25) is 0 Å². The van der Waals surface area contributed by atoms with E-state index >= 15 is 0 Å². The van der Waals surface area contributed by atoms with E-state index in [1.807, 2.05) is 0 Å². The molecule has 0 amide bonds. The van der Waals surface area contributed by atoms with Crippen LogP contribution >= 0.6 is 0 Å². The predicted molar refractivity (Wildman–Crippen MR) is 71.5 cm³/mol. The molecule has 0 aromatic rings. The van der Waals surface area contributed by atoms with Gasteiger partial charge in [0.1, 0.15) is 0 Å². The lowest BCUT2D eigenvalue weighted by molar-refractivity contribution is 0.388. The molecular weight excluding hydrogens is 236 g/mol. The van der Waals surface area contributed by atoms with Gasteiger partial charge < -0.3 is 5.32 Å². The number of nitrogens with one attached hydrogen (secondary N) is 1. The van der Waals surface area contributed by atoms with E-state index in [4.69, 9.17) is 0 Å². The molecule has 0 radical (unpaired) electrons. The van der Waals surface area contributed by atoms with Crippen LogP contribution in [0.4, 0.5) is 0 Å². The fourth-order valence-electron chi connectivity index (χ4n) is 1.70. The molecule has 0 aliphatic heterocycles. The molecule has 17 heavy (non-hydrogen) atoms. The molecule has 0 aromatic carbocycles. The van der Waals surface area contributed by atoms with E-state index in [2.05, 4.69) is 19.2 Å². The largest absolute Gasteiger partial charge is 0.313 e. The zero-order chi connectivity index (χ0) is 13.1. The zero-order valence-corrected chi connectivity index (χ0v) is 12.3. The normalized spacial score (nSPS) is 20.5. The Balaban J connectivity index is 2.45. The maximum Gasteiger partial charge on any atom is 0.217 e. The van der Waals surface area contributed by atoms with Crippen molar-refractivity contribution in [3.05, 3.63) is 0 Å². The highest BCUT2D eigenvalue weighted by molar-refractivity contribution is 7.89. The van der Waals surface area contributed by atoms with Crippen LogP contribution in [-0.2, 0) is 10.0 Å². The third-order valence-electron chi connectivity index (χ3n) is 3.48. The first-order valence-corrected chi connectivity index (χ1v) is 8.06. The minimum atomic E-state index is -3.14. The van der Waals surface area contributed by atoms with Gasteiger partial charge in [-0.2, -0.15) is 0 Å². The highest BCUT2D eigenvalue weighted by atomic mass is 32.2. The monoisotopic (exact) mass is 262 g/mol. The fourth-order valence-corrected chi connectivity index (χ4v) is 3.09. The standard InChI is InChI=1S/C12H26N2O2S/c1-5-10(2)9-14(4)17(15,16)11(3)8-13-12-6-7-12/h10-13H,5-9H2,1-4H3. The van der Waals surface area contributed by atoms with Crippen molar-refractivity contribution in [1.29, 1.82) is 0 Å². The average Bonchev–Trinajstić information content (AvgIpc) is 3.09. The molecule has 5 heteroatoms. The van der Waals surface area contributed by atoms with Gasteiger partial charge in [0.2, 0.25) is 10.0 Å². The minimum Gasteiger partial charge on any atom is -0.313 e. The topological polar surface area (TPSA) is 49.4 Å². The van der Waals surface area contributed by atoms with Crippen LogP contribution < -0.4 is 5.32 Å². The molecule has 2 unspecified atom stereocenters. The lowest BCUT2D eigenvalue weighted by Crippen LogP contribution is -2.42. The summed E-state index contributed by atoms with van der Waals surface area (Å²) in [5, 5.41) is 2.94. The first kappa shape index (κ1) is 14.9. The summed E-state index contributed by atoms with van der Waals surface area (Å²) in [6.45, 7) is 7.14. The third kappa shape index (κ3) is 4.56. The quantitative estimate of drug-likeness (QED) is 0.720. The van der Waals surface area contributed by atoms with Crippen molar-refractivity contribution in [3.8, 4) is 0 Å². The fraction of sp³-hybridized carbons (Fsp3) is 1.00. The Morgan fingerprint density at radius 1 is 1.35 bits per heavy atom. The molecule has 0 saturated heterocycles. The van der Waals surface area contributed by atoms with Gasteiger partial charge >= 0.3 is 0 Å². The SMILES string of the molecule is CCC(C)CN(C)S(=O)(=O)C(C)CNC1CC1. The maximum atomic E-state index is 12.2. The molecule has 0 aromatic heterocycles. The highest BCUT2D eigenvalue weighted by Crippen LogP contribution is 2.19. The van der Waals surface area contributed by atoms with Gasteiger partial charge in [0.05, 0.1) is 5.25 Å². The molecule has 0 spiro atoms. The minimum absolute atomic E-state index is 0.336. The smallest absolute Gasteiger partial charge is 0.217 e. The highest BCUT2D eigenvalue weighted by Gasteiger charge is 2.29. The predicted octanol–water partition coefficient (Wildman–Crippen LogP) is 1.43. The van der Waals surface area contributed by atoms with Gasteiger partial charge in [-0.1, -0.05) is 20.3 Å². The van der Waals surface area contributed by atoms with Crippen LogP contribution in [0, 0.1) is 5.92 Å². The Hall–Kier alpha value is -0.130. The van der Waals surface area contributed by atoms with Crippen LogP contribution in [0.5, 0.6) is 0 Å². The first-order chi connectivity index (χ1) is 7.87. The Kier molecular flexibility index (Phi) is 5.41. The zero-order valence-electron chi connectivity index (χ0n) is 11.4. The summed E-state index contributed by atoms with van der Waals surface area (Å²) < 4.78 is 25.9. The Morgan fingerprint density at radius 3 is 2.41 bits per heavy atom. The summed E-state index contributed by atoms with van der Waals surface area (Å²) in [4.78, 5) is 0. The van der Waals surface area contributed by atoms with Crippen LogP contribution in [-0.4, -0.2) is 44.2 Å². The summed E-state index contributed by atoms with van der Waals surface area (Å²) >= 11 is 0. The Bertz CT molecular complexity index is 325. The maximum absolute atomic E-state index is 12.2. The number of rotatable bonds is 8. The van der Waals surface area contributed by atoms with E-state index in [0.29, 0.717) is 25.0 Å². The summed E-state index contributed by atoms with van der Waals surface area (Å²) in [5.74, 6) is 0.415. The van der Waals surface area contributed by atoms with E-state index in [-0.39, 0.29) is 5.25 Å². The van der Waals surface area contributed by atoms with Gasteiger partial charge in [0, 0.05) is 26.2 Å². The van der Waals surface area contributed by atoms with Gasteiger partial charge in [0.15, 0.2) is 0 Å². The van der Waals surface area contributed by atoms with E-state index in [1.54, 1.807) is 14.0 Å². The molecule has 2 atom stereocenters. The summed E-state index contributed by atoms with van der Waals surface area (Å²) in [7, 11) is -1.45. The molecular formula is C12H26N2O2S. The van der Waals surface area contributed by atoms with E-state index < -0.39 is 10.0 Å². The molecule has 1 saturated carbocycles. The van der Waals surface area contributed by atoms with Crippen LogP contribution in [0.25, 0.3) is 0 Å². The van der Waals surface area contributed by atoms with Crippen molar-refractivity contribution >= 4 is 10.0 Å². The van der Waals surface area contributed by atoms with E-state index in [1.165, 1.54) is 17.1 Å². The van der Waals surface area contributed by atoms with Gasteiger partial charge in [-0.15, -0.1) is 0 Å². The van der Waals surface area contributed by atoms with Crippen molar-refractivity contribution in [2.75, 3.05) is 20.1 Å². The summed E-state index contributed by atoms with van der Waals surface area (Å²) in [5.41, 5.74) is 0. The molecule has 0 heterocycles. The molecule has 1 fully saturated rings. The van der Waals surface area contributed by atoms with Crippen molar-refractivity contribution in [1.82, 2.24) is 9.62 Å². The summed E-state index contributed by atoms with van der Waals surface area (Å²) in [6, 6.07) is 0.563. The van der Waals surface area contributed by atoms with Gasteiger partial charge in [-0.05, 0) is 25.7 Å². The molecule has 1 N–H and O–H groups in total. The van der Waals surface area contributed by atoms with Crippen molar-refractivity contribution < 1.29 is 8.42 Å². The lowest BCUT2D eigenvalue weighted by atomic mass is 10.1. The van der Waals surface area contributed by atoms with Crippen LogP contribution in [0.1, 0.15) is 40.0 Å². The van der Waals surface area contributed by atoms with Gasteiger partial charge in [0.25, 0.3) is 0 Å². The number of sulfonamides is 1. The van der Waals surface area contributed by atoms with Crippen molar-refractivity contribution in [2.24, 2.45) is 5.92 Å². The second kappa shape index (κ2) is 6.16. The van der Waals surface area contributed by atoms with Gasteiger partial charge in [-0.25, -0.2) is 12.7 Å². The lowest BCUT2D eigenvalue weighted by Gasteiger charge is -2.24. The molecule has 0 bridgehead atoms. The first-order valence-electron chi connectivity index (χ1n) is 6.56. The second-order valence-electron chi connectivity index (χ2n) is 5.33. The van der Waals surface area contributed by atoms with Crippen LogP contribution in [0.3, 0.4) is 0 Å². The number of hydrogen-bond donors (Lipinski definition) is 1. The molecule has 1 rings (SSSR count).